The molecular weight excluding hydrogens is 374 g/mol. The average Bonchev–Trinajstić information content (AvgIpc) is 3.32. The van der Waals surface area contributed by atoms with Gasteiger partial charge in [0.2, 0.25) is 5.91 Å². The van der Waals surface area contributed by atoms with E-state index in [1.165, 1.54) is 16.7 Å². The Morgan fingerprint density at radius 3 is 2.67 bits per heavy atom. The van der Waals surface area contributed by atoms with Crippen molar-refractivity contribution in [1.29, 1.82) is 0 Å². The Bertz CT molecular complexity index is 1000. The van der Waals surface area contributed by atoms with Gasteiger partial charge in [0, 0.05) is 44.9 Å². The zero-order valence-electron chi connectivity index (χ0n) is 17.7. The standard InChI is InChI=1S/C25H29N3O2/c1-16-7-3-4-10-20(16)24-22-15-27(13-19(22)14-28(24)17(2)29)25(30)21-11-5-8-18-9-6-12-26-23(18)21/h3-5,7-8,10-11,19,22,24,26H,6,9,12-15H2,1-2H3/t19-,22-,24-/m1/s1. The van der Waals surface area contributed by atoms with Crippen molar-refractivity contribution in [3.05, 3.63) is 64.7 Å². The SMILES string of the molecule is CC(=O)N1C[C@H]2CN(C(=O)c3cccc4c3NCCC4)C[C@H]2[C@H]1c1ccccc1C. The number of carbonyl (C=O) groups excluding carboxylic acids is 2. The van der Waals surface area contributed by atoms with Gasteiger partial charge in [-0.2, -0.15) is 0 Å². The van der Waals surface area contributed by atoms with Crippen LogP contribution in [-0.4, -0.2) is 47.8 Å². The van der Waals surface area contributed by atoms with E-state index in [9.17, 15) is 9.59 Å². The van der Waals surface area contributed by atoms with Crippen molar-refractivity contribution in [3.8, 4) is 0 Å². The minimum Gasteiger partial charge on any atom is -0.384 e. The molecule has 0 spiro atoms. The first-order valence-corrected chi connectivity index (χ1v) is 11.0. The van der Waals surface area contributed by atoms with Gasteiger partial charge in [0.15, 0.2) is 0 Å². The molecule has 2 amide bonds. The van der Waals surface area contributed by atoms with Crippen molar-refractivity contribution in [2.24, 2.45) is 11.8 Å². The minimum atomic E-state index is 0.0503. The van der Waals surface area contributed by atoms with Crippen molar-refractivity contribution in [2.45, 2.75) is 32.7 Å². The van der Waals surface area contributed by atoms with E-state index in [1.807, 2.05) is 34.1 Å². The van der Waals surface area contributed by atoms with Crippen molar-refractivity contribution in [1.82, 2.24) is 9.80 Å². The Balaban J connectivity index is 1.43. The number of rotatable bonds is 2. The molecule has 0 radical (unpaired) electrons. The van der Waals surface area contributed by atoms with Crippen molar-refractivity contribution < 1.29 is 9.59 Å². The Morgan fingerprint density at radius 1 is 1.03 bits per heavy atom. The predicted octanol–water partition coefficient (Wildman–Crippen LogP) is 3.64. The van der Waals surface area contributed by atoms with E-state index < -0.39 is 0 Å². The van der Waals surface area contributed by atoms with Gasteiger partial charge in [0.1, 0.15) is 0 Å². The summed E-state index contributed by atoms with van der Waals surface area (Å²) >= 11 is 0. The number of anilines is 1. The Labute approximate surface area is 178 Å². The maximum Gasteiger partial charge on any atom is 0.255 e. The molecular formula is C25H29N3O2. The summed E-state index contributed by atoms with van der Waals surface area (Å²) < 4.78 is 0. The van der Waals surface area contributed by atoms with Crippen LogP contribution in [0.2, 0.25) is 0 Å². The number of hydrogen-bond acceptors (Lipinski definition) is 3. The first-order chi connectivity index (χ1) is 14.5. The van der Waals surface area contributed by atoms with Gasteiger partial charge in [-0.1, -0.05) is 36.4 Å². The quantitative estimate of drug-likeness (QED) is 0.833. The number of benzene rings is 2. The van der Waals surface area contributed by atoms with E-state index in [4.69, 9.17) is 0 Å². The largest absolute Gasteiger partial charge is 0.384 e. The summed E-state index contributed by atoms with van der Waals surface area (Å²) in [6, 6.07) is 14.5. The molecule has 3 heterocycles. The fourth-order valence-electron chi connectivity index (χ4n) is 5.71. The van der Waals surface area contributed by atoms with Gasteiger partial charge in [-0.25, -0.2) is 0 Å². The number of hydrogen-bond donors (Lipinski definition) is 1. The Morgan fingerprint density at radius 2 is 1.87 bits per heavy atom. The second kappa shape index (κ2) is 7.46. The molecule has 2 fully saturated rings. The highest BCUT2D eigenvalue weighted by molar-refractivity contribution is 6.00. The van der Waals surface area contributed by atoms with Crippen LogP contribution in [0.3, 0.4) is 0 Å². The summed E-state index contributed by atoms with van der Waals surface area (Å²) in [6.07, 6.45) is 2.13. The lowest BCUT2D eigenvalue weighted by Gasteiger charge is -2.30. The first kappa shape index (κ1) is 19.2. The van der Waals surface area contributed by atoms with Gasteiger partial charge in [-0.15, -0.1) is 0 Å². The average molecular weight is 404 g/mol. The molecule has 0 aromatic heterocycles. The maximum atomic E-state index is 13.5. The maximum absolute atomic E-state index is 13.5. The van der Waals surface area contributed by atoms with E-state index in [-0.39, 0.29) is 23.8 Å². The van der Waals surface area contributed by atoms with Gasteiger partial charge >= 0.3 is 0 Å². The number of para-hydroxylation sites is 1. The van der Waals surface area contributed by atoms with Crippen LogP contribution in [-0.2, 0) is 11.2 Å². The molecule has 3 aliphatic rings. The molecule has 0 unspecified atom stereocenters. The Hall–Kier alpha value is -2.82. The summed E-state index contributed by atoms with van der Waals surface area (Å²) in [5, 5.41) is 3.45. The van der Waals surface area contributed by atoms with E-state index in [1.54, 1.807) is 6.92 Å². The lowest BCUT2D eigenvalue weighted by atomic mass is 9.87. The molecule has 5 rings (SSSR count). The van der Waals surface area contributed by atoms with Crippen LogP contribution in [0.4, 0.5) is 5.69 Å². The fourth-order valence-corrected chi connectivity index (χ4v) is 5.71. The van der Waals surface area contributed by atoms with Crippen molar-refractivity contribution >= 4 is 17.5 Å². The molecule has 3 aliphatic heterocycles. The summed E-state index contributed by atoms with van der Waals surface area (Å²) in [4.78, 5) is 29.9. The van der Waals surface area contributed by atoms with Crippen LogP contribution in [0.25, 0.3) is 0 Å². The van der Waals surface area contributed by atoms with Crippen molar-refractivity contribution in [2.75, 3.05) is 31.5 Å². The summed E-state index contributed by atoms with van der Waals surface area (Å²) in [5.41, 5.74) is 5.48. The highest BCUT2D eigenvalue weighted by Crippen LogP contribution is 2.46. The third-order valence-corrected chi connectivity index (χ3v) is 7.17. The van der Waals surface area contributed by atoms with Crippen LogP contribution >= 0.6 is 0 Å². The molecule has 3 atom stereocenters. The molecule has 5 nitrogen and oxygen atoms in total. The molecule has 30 heavy (non-hydrogen) atoms. The third-order valence-electron chi connectivity index (χ3n) is 7.17. The zero-order chi connectivity index (χ0) is 20.8. The topological polar surface area (TPSA) is 52.7 Å². The highest BCUT2D eigenvalue weighted by atomic mass is 16.2. The number of carbonyl (C=O) groups is 2. The number of nitrogens with zero attached hydrogens (tertiary/aromatic N) is 2. The molecule has 5 heteroatoms. The number of fused-ring (bicyclic) bond motifs is 2. The molecule has 156 valence electrons. The van der Waals surface area contributed by atoms with E-state index in [0.29, 0.717) is 12.5 Å². The number of nitrogens with one attached hydrogen (secondary N) is 1. The highest BCUT2D eigenvalue weighted by Gasteiger charge is 2.49. The lowest BCUT2D eigenvalue weighted by Crippen LogP contribution is -2.37. The number of amides is 2. The molecule has 2 aromatic carbocycles. The Kier molecular flexibility index (Phi) is 4.76. The van der Waals surface area contributed by atoms with Crippen LogP contribution < -0.4 is 5.32 Å². The van der Waals surface area contributed by atoms with Gasteiger partial charge in [0.25, 0.3) is 5.91 Å². The second-order valence-electron chi connectivity index (χ2n) is 8.98. The normalized spacial score (nSPS) is 24.9. The van der Waals surface area contributed by atoms with Gasteiger partial charge in [-0.05, 0) is 42.5 Å². The van der Waals surface area contributed by atoms with E-state index in [2.05, 4.69) is 30.4 Å². The first-order valence-electron chi connectivity index (χ1n) is 11.0. The monoisotopic (exact) mass is 403 g/mol. The smallest absolute Gasteiger partial charge is 0.255 e. The molecule has 0 aliphatic carbocycles. The zero-order valence-corrected chi connectivity index (χ0v) is 17.7. The summed E-state index contributed by atoms with van der Waals surface area (Å²) in [7, 11) is 0. The van der Waals surface area contributed by atoms with E-state index >= 15 is 0 Å². The summed E-state index contributed by atoms with van der Waals surface area (Å²) in [5.74, 6) is 0.854. The fraction of sp³-hybridized carbons (Fsp3) is 0.440. The number of aryl methyl sites for hydroxylation is 2. The van der Waals surface area contributed by atoms with Gasteiger partial charge in [0.05, 0.1) is 17.3 Å². The molecule has 1 N–H and O–H groups in total. The van der Waals surface area contributed by atoms with Crippen LogP contribution in [0, 0.1) is 18.8 Å². The van der Waals surface area contributed by atoms with E-state index in [0.717, 1.165) is 43.7 Å². The predicted molar refractivity (Wildman–Crippen MR) is 117 cm³/mol. The molecule has 0 bridgehead atoms. The minimum absolute atomic E-state index is 0.0503. The van der Waals surface area contributed by atoms with Gasteiger partial charge in [-0.3, -0.25) is 9.59 Å². The molecule has 0 saturated carbocycles. The van der Waals surface area contributed by atoms with Crippen LogP contribution in [0.15, 0.2) is 42.5 Å². The summed E-state index contributed by atoms with van der Waals surface area (Å²) in [6.45, 7) is 6.85. The van der Waals surface area contributed by atoms with Crippen molar-refractivity contribution in [3.63, 3.8) is 0 Å². The van der Waals surface area contributed by atoms with Crippen LogP contribution in [0.1, 0.15) is 46.4 Å². The van der Waals surface area contributed by atoms with Crippen LogP contribution in [0.5, 0.6) is 0 Å². The second-order valence-corrected chi connectivity index (χ2v) is 8.98. The third kappa shape index (κ3) is 3.08. The molecule has 2 aromatic rings. The number of likely N-dealkylation sites (tertiary alicyclic amines) is 2. The lowest BCUT2D eigenvalue weighted by molar-refractivity contribution is -0.130. The van der Waals surface area contributed by atoms with Gasteiger partial charge < -0.3 is 15.1 Å². The molecule has 2 saturated heterocycles.